The maximum Gasteiger partial charge on any atom is 0.260 e. The van der Waals surface area contributed by atoms with Crippen molar-refractivity contribution in [1.29, 1.82) is 10.8 Å². The standard InChI is InChI=1S/C26H29N7O3.H2/c1-16(34)29-19-9-11-31(12-10-19)25(35)17-5-8-21-18(13-17)14-32(26(21)36)23-4-2-3-22(30-23)24(28)33(15-27)20-6-7-20;/h2-5,8,13,15,19-20,27-28H,6-7,9-12,14H2,1H3,(H,29,34);1H. The Balaban J connectivity index is 0.00000320. The summed E-state index contributed by atoms with van der Waals surface area (Å²) in [6.07, 6.45) is 4.49. The number of pyridine rings is 1. The first-order valence-corrected chi connectivity index (χ1v) is 12.2. The molecule has 2 aliphatic heterocycles. The lowest BCUT2D eigenvalue weighted by atomic mass is 10.0. The Labute approximate surface area is 210 Å². The van der Waals surface area contributed by atoms with Crippen LogP contribution < -0.4 is 10.2 Å². The second-order valence-corrected chi connectivity index (χ2v) is 9.53. The van der Waals surface area contributed by atoms with Crippen molar-refractivity contribution >= 4 is 35.7 Å². The minimum Gasteiger partial charge on any atom is -0.353 e. The van der Waals surface area contributed by atoms with Crippen molar-refractivity contribution in [2.24, 2.45) is 0 Å². The highest BCUT2D eigenvalue weighted by atomic mass is 16.2. The van der Waals surface area contributed by atoms with Crippen molar-refractivity contribution in [3.05, 3.63) is 58.8 Å². The topological polar surface area (TPSA) is 134 Å². The van der Waals surface area contributed by atoms with E-state index in [4.69, 9.17) is 10.8 Å². The van der Waals surface area contributed by atoms with Crippen molar-refractivity contribution in [3.8, 4) is 0 Å². The average Bonchev–Trinajstić information content (AvgIpc) is 3.66. The summed E-state index contributed by atoms with van der Waals surface area (Å²) in [5.74, 6) is 0.257. The molecular formula is C26H31N7O3. The molecule has 1 aromatic carbocycles. The number of fused-ring (bicyclic) bond motifs is 1. The summed E-state index contributed by atoms with van der Waals surface area (Å²) in [7, 11) is 0. The Morgan fingerprint density at radius 1 is 1.17 bits per heavy atom. The number of benzene rings is 1. The number of amides is 3. The van der Waals surface area contributed by atoms with Crippen molar-refractivity contribution in [2.75, 3.05) is 18.0 Å². The molecular weight excluding hydrogens is 458 g/mol. The van der Waals surface area contributed by atoms with Gasteiger partial charge in [0.2, 0.25) is 5.91 Å². The van der Waals surface area contributed by atoms with Crippen LogP contribution in [-0.4, -0.2) is 69.9 Å². The second kappa shape index (κ2) is 9.52. The van der Waals surface area contributed by atoms with Gasteiger partial charge in [0, 0.05) is 44.7 Å². The Morgan fingerprint density at radius 2 is 1.92 bits per heavy atom. The molecule has 3 N–H and O–H groups in total. The maximum absolute atomic E-state index is 13.1. The monoisotopic (exact) mass is 489 g/mol. The molecule has 188 valence electrons. The summed E-state index contributed by atoms with van der Waals surface area (Å²) < 4.78 is 0. The number of aromatic nitrogens is 1. The number of likely N-dealkylation sites (tertiary alicyclic amines) is 1. The molecule has 3 aliphatic rings. The molecule has 1 aliphatic carbocycles. The maximum atomic E-state index is 13.1. The van der Waals surface area contributed by atoms with E-state index in [1.807, 2.05) is 0 Å². The number of carbonyl (C=O) groups is 3. The van der Waals surface area contributed by atoms with Gasteiger partial charge in [-0.2, -0.15) is 0 Å². The number of hydrogen-bond acceptors (Lipinski definition) is 6. The third-order valence-electron chi connectivity index (χ3n) is 6.94. The molecule has 1 aromatic heterocycles. The predicted molar refractivity (Wildman–Crippen MR) is 137 cm³/mol. The normalized spacial score (nSPS) is 17.5. The fraction of sp³-hybridized carbons (Fsp3) is 0.385. The zero-order valence-electron chi connectivity index (χ0n) is 20.2. The van der Waals surface area contributed by atoms with Crippen LogP contribution in [0.2, 0.25) is 0 Å². The minimum absolute atomic E-state index is 0. The average molecular weight is 490 g/mol. The van der Waals surface area contributed by atoms with E-state index in [-0.39, 0.29) is 37.1 Å². The fourth-order valence-electron chi connectivity index (χ4n) is 4.88. The predicted octanol–water partition coefficient (Wildman–Crippen LogP) is 2.63. The van der Waals surface area contributed by atoms with Crippen molar-refractivity contribution < 1.29 is 15.8 Å². The highest BCUT2D eigenvalue weighted by Crippen LogP contribution is 2.30. The zero-order valence-corrected chi connectivity index (χ0v) is 20.2. The van der Waals surface area contributed by atoms with Gasteiger partial charge >= 0.3 is 0 Å². The highest BCUT2D eigenvalue weighted by molar-refractivity contribution is 6.10. The van der Waals surface area contributed by atoms with E-state index in [1.165, 1.54) is 6.92 Å². The number of anilines is 1. The van der Waals surface area contributed by atoms with E-state index < -0.39 is 0 Å². The molecule has 0 bridgehead atoms. The molecule has 1 saturated heterocycles. The van der Waals surface area contributed by atoms with Gasteiger partial charge in [0.15, 0.2) is 5.84 Å². The van der Waals surface area contributed by atoms with Gasteiger partial charge < -0.3 is 15.1 Å². The molecule has 0 radical (unpaired) electrons. The first-order chi connectivity index (χ1) is 17.4. The van der Waals surface area contributed by atoms with Gasteiger partial charge in [-0.25, -0.2) is 4.98 Å². The number of nitrogens with zero attached hydrogens (tertiary/aromatic N) is 4. The molecule has 0 unspecified atom stereocenters. The SMILES string of the molecule is CC(=O)NC1CCN(C(=O)c2ccc3c(c2)CN(c2cccc(C(=N)N(C=N)C4CC4)n2)C3=O)CC1.[HH]. The fourth-order valence-corrected chi connectivity index (χ4v) is 4.88. The van der Waals surface area contributed by atoms with Crippen molar-refractivity contribution in [3.63, 3.8) is 0 Å². The quantitative estimate of drug-likeness (QED) is 0.424. The van der Waals surface area contributed by atoms with Gasteiger partial charge in [-0.15, -0.1) is 0 Å². The van der Waals surface area contributed by atoms with Crippen LogP contribution in [0.3, 0.4) is 0 Å². The molecule has 2 aromatic rings. The molecule has 0 spiro atoms. The first-order valence-electron chi connectivity index (χ1n) is 12.2. The molecule has 3 heterocycles. The van der Waals surface area contributed by atoms with Crippen LogP contribution in [0.5, 0.6) is 0 Å². The van der Waals surface area contributed by atoms with E-state index >= 15 is 0 Å². The lowest BCUT2D eigenvalue weighted by molar-refractivity contribution is -0.119. The lowest BCUT2D eigenvalue weighted by Gasteiger charge is -2.32. The van der Waals surface area contributed by atoms with Gasteiger partial charge in [-0.05, 0) is 61.6 Å². The lowest BCUT2D eigenvalue weighted by Crippen LogP contribution is -2.46. The Hall–Kier alpha value is -4.08. The number of amidine groups is 1. The number of piperidine rings is 1. The summed E-state index contributed by atoms with van der Waals surface area (Å²) in [5.41, 5.74) is 2.25. The third-order valence-corrected chi connectivity index (χ3v) is 6.94. The highest BCUT2D eigenvalue weighted by Gasteiger charge is 2.33. The minimum atomic E-state index is -0.192. The Bertz CT molecular complexity index is 1250. The van der Waals surface area contributed by atoms with Crippen LogP contribution in [0, 0.1) is 10.8 Å². The van der Waals surface area contributed by atoms with Crippen LogP contribution in [0.25, 0.3) is 0 Å². The number of nitrogens with one attached hydrogen (secondary N) is 3. The van der Waals surface area contributed by atoms with Gasteiger partial charge in [0.1, 0.15) is 11.5 Å². The molecule has 5 rings (SSSR count). The van der Waals surface area contributed by atoms with Gasteiger partial charge in [-0.1, -0.05) is 6.07 Å². The molecule has 2 fully saturated rings. The van der Waals surface area contributed by atoms with Crippen LogP contribution in [0.1, 0.15) is 66.0 Å². The van der Waals surface area contributed by atoms with E-state index in [1.54, 1.807) is 51.1 Å². The van der Waals surface area contributed by atoms with Crippen LogP contribution in [0.4, 0.5) is 5.82 Å². The molecule has 0 atom stereocenters. The van der Waals surface area contributed by atoms with Crippen molar-refractivity contribution in [2.45, 2.75) is 51.2 Å². The third kappa shape index (κ3) is 4.58. The summed E-state index contributed by atoms with van der Waals surface area (Å²) in [4.78, 5) is 47.1. The van der Waals surface area contributed by atoms with Crippen LogP contribution >= 0.6 is 0 Å². The van der Waals surface area contributed by atoms with Crippen molar-refractivity contribution in [1.82, 2.24) is 20.1 Å². The number of rotatable bonds is 6. The molecule has 3 amide bonds. The van der Waals surface area contributed by atoms with Crippen LogP contribution in [-0.2, 0) is 11.3 Å². The first kappa shape index (κ1) is 23.7. The van der Waals surface area contributed by atoms with Crippen LogP contribution in [0.15, 0.2) is 36.4 Å². The van der Waals surface area contributed by atoms with E-state index in [2.05, 4.69) is 10.3 Å². The number of carbonyl (C=O) groups excluding carboxylic acids is 3. The summed E-state index contributed by atoms with van der Waals surface area (Å²) >= 11 is 0. The Morgan fingerprint density at radius 3 is 2.58 bits per heavy atom. The van der Waals surface area contributed by atoms with Gasteiger partial charge in [0.05, 0.1) is 12.9 Å². The molecule has 1 saturated carbocycles. The van der Waals surface area contributed by atoms with E-state index in [0.717, 1.165) is 37.6 Å². The zero-order chi connectivity index (χ0) is 25.4. The summed E-state index contributed by atoms with van der Waals surface area (Å²) in [6.45, 7) is 2.94. The van der Waals surface area contributed by atoms with E-state index in [9.17, 15) is 14.4 Å². The van der Waals surface area contributed by atoms with Gasteiger partial charge in [-0.3, -0.25) is 30.1 Å². The number of hydrogen-bond donors (Lipinski definition) is 3. The molecule has 36 heavy (non-hydrogen) atoms. The smallest absolute Gasteiger partial charge is 0.260 e. The largest absolute Gasteiger partial charge is 0.353 e. The molecule has 10 heteroatoms. The second-order valence-electron chi connectivity index (χ2n) is 9.53. The van der Waals surface area contributed by atoms with Gasteiger partial charge in [0.25, 0.3) is 11.8 Å². The summed E-state index contributed by atoms with van der Waals surface area (Å²) in [5, 5.41) is 19.0. The summed E-state index contributed by atoms with van der Waals surface area (Å²) in [6, 6.07) is 10.7. The molecule has 10 nitrogen and oxygen atoms in total. The van der Waals surface area contributed by atoms with E-state index in [0.29, 0.717) is 42.3 Å². The Kier molecular flexibility index (Phi) is 6.26.